The summed E-state index contributed by atoms with van der Waals surface area (Å²) in [6.07, 6.45) is 4.27. The molecule has 140 valence electrons. The third-order valence-corrected chi connectivity index (χ3v) is 5.83. The van der Waals surface area contributed by atoms with Crippen molar-refractivity contribution in [2.75, 3.05) is 5.73 Å². The molecule has 3 aromatic rings. The molecule has 0 fully saturated rings. The molecule has 2 N–H and O–H groups in total. The van der Waals surface area contributed by atoms with E-state index in [1.807, 2.05) is 6.07 Å². The second kappa shape index (κ2) is 8.70. The summed E-state index contributed by atoms with van der Waals surface area (Å²) in [5, 5.41) is 10.9. The van der Waals surface area contributed by atoms with Crippen LogP contribution in [0.1, 0.15) is 37.5 Å². The second-order valence-corrected chi connectivity index (χ2v) is 8.45. The van der Waals surface area contributed by atoms with E-state index in [9.17, 15) is 0 Å². The average Bonchev–Trinajstić information content (AvgIpc) is 3.13. The lowest BCUT2D eigenvalue weighted by Gasteiger charge is -2.11. The first-order valence-electron chi connectivity index (χ1n) is 9.86. The molecule has 0 bridgehead atoms. The molecule has 0 aliphatic heterocycles. The summed E-state index contributed by atoms with van der Waals surface area (Å²) in [6, 6.07) is 12.8. The normalized spacial score (nSPS) is 11.3. The van der Waals surface area contributed by atoms with Crippen molar-refractivity contribution < 1.29 is 0 Å². The molecule has 0 unspecified atom stereocenters. The average molecular weight is 377 g/mol. The Morgan fingerprint density at radius 2 is 1.85 bits per heavy atom. The van der Waals surface area contributed by atoms with Crippen LogP contribution >= 0.6 is 11.3 Å². The standard InChI is InChI=1S/C22H28BN3S/c1-4-18-15(10-11-23)6-5-7-19(18)22-26-25-21(27-22)17-9-8-16(12-14(2)3)20(24)13-17/h5-9,13-14H,4,10-12,23-24H2,1-3H3. The molecule has 27 heavy (non-hydrogen) atoms. The molecule has 1 aromatic heterocycles. The third kappa shape index (κ3) is 4.41. The Bertz CT molecular complexity index is 918. The lowest BCUT2D eigenvalue weighted by atomic mass is 9.91. The molecular weight excluding hydrogens is 349 g/mol. The maximum Gasteiger partial charge on any atom is 0.148 e. The van der Waals surface area contributed by atoms with E-state index in [2.05, 4.69) is 69.1 Å². The highest BCUT2D eigenvalue weighted by Gasteiger charge is 2.14. The molecule has 3 rings (SSSR count). The van der Waals surface area contributed by atoms with Gasteiger partial charge in [0.15, 0.2) is 0 Å². The van der Waals surface area contributed by atoms with E-state index in [1.54, 1.807) is 11.3 Å². The molecule has 0 spiro atoms. The number of hydrogen-bond donors (Lipinski definition) is 1. The number of nitrogens with zero attached hydrogens (tertiary/aromatic N) is 2. The van der Waals surface area contributed by atoms with Gasteiger partial charge in [-0.25, -0.2) is 0 Å². The lowest BCUT2D eigenvalue weighted by Crippen LogP contribution is -1.99. The van der Waals surface area contributed by atoms with Crippen molar-refractivity contribution in [3.05, 3.63) is 53.1 Å². The first-order valence-corrected chi connectivity index (χ1v) is 10.7. The maximum absolute atomic E-state index is 6.28. The van der Waals surface area contributed by atoms with Crippen LogP contribution in [0.15, 0.2) is 36.4 Å². The molecule has 5 heteroatoms. The number of rotatable bonds is 7. The fourth-order valence-electron chi connectivity index (χ4n) is 3.56. The largest absolute Gasteiger partial charge is 0.398 e. The highest BCUT2D eigenvalue weighted by molar-refractivity contribution is 7.17. The van der Waals surface area contributed by atoms with E-state index in [4.69, 9.17) is 5.73 Å². The minimum absolute atomic E-state index is 0.592. The van der Waals surface area contributed by atoms with Crippen LogP contribution in [0.25, 0.3) is 21.1 Å². The van der Waals surface area contributed by atoms with Crippen LogP contribution < -0.4 is 5.73 Å². The summed E-state index contributed by atoms with van der Waals surface area (Å²) in [4.78, 5) is 0. The molecule has 0 amide bonds. The van der Waals surface area contributed by atoms with Gasteiger partial charge in [0.25, 0.3) is 0 Å². The van der Waals surface area contributed by atoms with Crippen molar-refractivity contribution in [2.24, 2.45) is 5.92 Å². The Morgan fingerprint density at radius 1 is 1.07 bits per heavy atom. The van der Waals surface area contributed by atoms with E-state index >= 15 is 0 Å². The number of nitrogen functional groups attached to an aromatic ring is 1. The maximum atomic E-state index is 6.28. The topological polar surface area (TPSA) is 51.8 Å². The zero-order chi connectivity index (χ0) is 19.4. The number of aromatic nitrogens is 2. The number of aryl methyl sites for hydroxylation is 1. The van der Waals surface area contributed by atoms with Crippen molar-refractivity contribution in [1.82, 2.24) is 10.2 Å². The fraction of sp³-hybridized carbons (Fsp3) is 0.364. The van der Waals surface area contributed by atoms with Crippen LogP contribution in [0.2, 0.25) is 6.32 Å². The van der Waals surface area contributed by atoms with E-state index < -0.39 is 0 Å². The fourth-order valence-corrected chi connectivity index (χ4v) is 4.45. The van der Waals surface area contributed by atoms with Crippen molar-refractivity contribution in [3.8, 4) is 21.1 Å². The predicted molar refractivity (Wildman–Crippen MR) is 120 cm³/mol. The van der Waals surface area contributed by atoms with Gasteiger partial charge in [-0.3, -0.25) is 0 Å². The highest BCUT2D eigenvalue weighted by atomic mass is 32.1. The van der Waals surface area contributed by atoms with E-state index in [-0.39, 0.29) is 0 Å². The monoisotopic (exact) mass is 377 g/mol. The summed E-state index contributed by atoms with van der Waals surface area (Å²) < 4.78 is 0. The summed E-state index contributed by atoms with van der Waals surface area (Å²) in [5.74, 6) is 0.592. The van der Waals surface area contributed by atoms with Crippen molar-refractivity contribution in [2.45, 2.75) is 46.4 Å². The van der Waals surface area contributed by atoms with Crippen LogP contribution in [0.5, 0.6) is 0 Å². The van der Waals surface area contributed by atoms with Crippen LogP contribution in [0.3, 0.4) is 0 Å². The van der Waals surface area contributed by atoms with Crippen LogP contribution in [0.4, 0.5) is 5.69 Å². The summed E-state index contributed by atoms with van der Waals surface area (Å²) in [5.41, 5.74) is 13.4. The van der Waals surface area contributed by atoms with Crippen LogP contribution in [-0.4, -0.2) is 18.0 Å². The molecule has 3 nitrogen and oxygen atoms in total. The molecule has 2 aromatic carbocycles. The number of anilines is 1. The van der Waals surface area contributed by atoms with Gasteiger partial charge in [-0.1, -0.05) is 68.8 Å². The van der Waals surface area contributed by atoms with Gasteiger partial charge in [-0.05, 0) is 47.9 Å². The molecule has 0 aliphatic rings. The summed E-state index contributed by atoms with van der Waals surface area (Å²) in [7, 11) is 2.22. The first kappa shape index (κ1) is 19.6. The van der Waals surface area contributed by atoms with E-state index in [0.29, 0.717) is 5.92 Å². The molecule has 0 atom stereocenters. The predicted octanol–water partition coefficient (Wildman–Crippen LogP) is 4.81. The Hall–Kier alpha value is -2.14. The van der Waals surface area contributed by atoms with Crippen molar-refractivity contribution >= 4 is 24.9 Å². The van der Waals surface area contributed by atoms with Gasteiger partial charge < -0.3 is 5.73 Å². The SMILES string of the molecule is BCCc1cccc(-c2nnc(-c3ccc(CC(C)C)c(N)c3)s2)c1CC. The highest BCUT2D eigenvalue weighted by Crippen LogP contribution is 2.34. The molecule has 0 saturated heterocycles. The Labute approximate surface area is 167 Å². The zero-order valence-corrected chi connectivity index (χ0v) is 17.6. The van der Waals surface area contributed by atoms with E-state index in [0.717, 1.165) is 46.8 Å². The third-order valence-electron chi connectivity index (χ3n) is 4.82. The van der Waals surface area contributed by atoms with Crippen LogP contribution in [-0.2, 0) is 19.3 Å². The quantitative estimate of drug-likeness (QED) is 0.475. The molecule has 0 radical (unpaired) electrons. The number of benzene rings is 2. The lowest BCUT2D eigenvalue weighted by molar-refractivity contribution is 0.648. The molecule has 1 heterocycles. The van der Waals surface area contributed by atoms with Gasteiger partial charge >= 0.3 is 0 Å². The number of hydrogen-bond acceptors (Lipinski definition) is 4. The van der Waals surface area contributed by atoms with Gasteiger partial charge in [0.05, 0.1) is 0 Å². The number of nitrogens with two attached hydrogens (primary N) is 1. The smallest absolute Gasteiger partial charge is 0.148 e. The van der Waals surface area contributed by atoms with Gasteiger partial charge in [0, 0.05) is 16.8 Å². The molecule has 0 saturated carbocycles. The zero-order valence-electron chi connectivity index (χ0n) is 16.7. The summed E-state index contributed by atoms with van der Waals surface area (Å²) in [6.45, 7) is 6.64. The van der Waals surface area contributed by atoms with Crippen LogP contribution in [0, 0.1) is 5.92 Å². The minimum atomic E-state index is 0.592. The van der Waals surface area contributed by atoms with E-state index in [1.165, 1.54) is 22.3 Å². The Kier molecular flexibility index (Phi) is 6.32. The van der Waals surface area contributed by atoms with Crippen molar-refractivity contribution in [1.29, 1.82) is 0 Å². The van der Waals surface area contributed by atoms with Gasteiger partial charge in [-0.15, -0.1) is 10.2 Å². The van der Waals surface area contributed by atoms with Crippen molar-refractivity contribution in [3.63, 3.8) is 0 Å². The second-order valence-electron chi connectivity index (χ2n) is 7.47. The Balaban J connectivity index is 1.94. The van der Waals surface area contributed by atoms with Gasteiger partial charge in [0.2, 0.25) is 0 Å². The van der Waals surface area contributed by atoms with Gasteiger partial charge in [-0.2, -0.15) is 0 Å². The Morgan fingerprint density at radius 3 is 2.52 bits per heavy atom. The first-order chi connectivity index (χ1) is 13.0. The summed E-state index contributed by atoms with van der Waals surface area (Å²) >= 11 is 1.65. The van der Waals surface area contributed by atoms with Gasteiger partial charge in [0.1, 0.15) is 17.9 Å². The minimum Gasteiger partial charge on any atom is -0.398 e. The molecular formula is C22H28BN3S. The molecule has 0 aliphatic carbocycles.